The highest BCUT2D eigenvalue weighted by molar-refractivity contribution is 5.86. The third-order valence-electron chi connectivity index (χ3n) is 3.06. The Kier molecular flexibility index (Phi) is 2.82. The quantitative estimate of drug-likeness (QED) is 0.594. The number of ketones is 1. The average molecular weight is 196 g/mol. The fourth-order valence-electron chi connectivity index (χ4n) is 2.38. The lowest BCUT2D eigenvalue weighted by atomic mass is 10.1. The van der Waals surface area contributed by atoms with Gasteiger partial charge in [0, 0.05) is 26.1 Å². The Hall–Kier alpha value is -0.900. The highest BCUT2D eigenvalue weighted by Crippen LogP contribution is 2.20. The Morgan fingerprint density at radius 3 is 2.50 bits per heavy atom. The molecule has 0 spiro atoms. The van der Waals surface area contributed by atoms with Crippen LogP contribution in [0.25, 0.3) is 0 Å². The van der Waals surface area contributed by atoms with E-state index in [0.717, 1.165) is 45.3 Å². The fourth-order valence-corrected chi connectivity index (χ4v) is 2.38. The van der Waals surface area contributed by atoms with Crippen molar-refractivity contribution < 1.29 is 9.59 Å². The summed E-state index contributed by atoms with van der Waals surface area (Å²) in [5.41, 5.74) is 0. The van der Waals surface area contributed by atoms with Crippen LogP contribution in [0.3, 0.4) is 0 Å². The summed E-state index contributed by atoms with van der Waals surface area (Å²) in [6, 6.07) is 0. The van der Waals surface area contributed by atoms with Gasteiger partial charge in [-0.05, 0) is 19.3 Å². The number of carbonyl (C=O) groups excluding carboxylic acids is 2. The van der Waals surface area contributed by atoms with E-state index < -0.39 is 0 Å². The number of amides is 1. The summed E-state index contributed by atoms with van der Waals surface area (Å²) >= 11 is 0. The fraction of sp³-hybridized carbons (Fsp3) is 0.800. The summed E-state index contributed by atoms with van der Waals surface area (Å²) < 4.78 is 0. The first-order valence-electron chi connectivity index (χ1n) is 5.31. The van der Waals surface area contributed by atoms with E-state index in [1.807, 2.05) is 0 Å². The molecule has 1 unspecified atom stereocenters. The van der Waals surface area contributed by atoms with Crippen molar-refractivity contribution in [2.45, 2.75) is 31.8 Å². The molecule has 2 heterocycles. The Labute approximate surface area is 83.9 Å². The van der Waals surface area contributed by atoms with Gasteiger partial charge < -0.3 is 4.90 Å². The van der Waals surface area contributed by atoms with Gasteiger partial charge in [-0.3, -0.25) is 14.5 Å². The molecule has 0 aliphatic carbocycles. The van der Waals surface area contributed by atoms with Gasteiger partial charge in [0.1, 0.15) is 6.17 Å². The maximum atomic E-state index is 11.7. The Morgan fingerprint density at radius 2 is 1.86 bits per heavy atom. The maximum Gasteiger partial charge on any atom is 0.211 e. The molecular formula is C10H16N2O2. The second-order valence-electron chi connectivity index (χ2n) is 4.03. The van der Waals surface area contributed by atoms with Crippen LogP contribution in [0.2, 0.25) is 0 Å². The van der Waals surface area contributed by atoms with Crippen LogP contribution in [0.5, 0.6) is 0 Å². The van der Waals surface area contributed by atoms with E-state index in [0.29, 0.717) is 6.42 Å². The average Bonchev–Trinajstić information content (AvgIpc) is 2.70. The Balaban J connectivity index is 2.09. The van der Waals surface area contributed by atoms with Gasteiger partial charge in [-0.25, -0.2) is 0 Å². The summed E-state index contributed by atoms with van der Waals surface area (Å²) in [5.74, 6) is 0.213. The molecule has 4 nitrogen and oxygen atoms in total. The second-order valence-corrected chi connectivity index (χ2v) is 4.03. The van der Waals surface area contributed by atoms with Crippen LogP contribution in [0.1, 0.15) is 25.7 Å². The zero-order valence-electron chi connectivity index (χ0n) is 8.32. The topological polar surface area (TPSA) is 40.6 Å². The van der Waals surface area contributed by atoms with Gasteiger partial charge >= 0.3 is 0 Å². The lowest BCUT2D eigenvalue weighted by Gasteiger charge is -2.37. The van der Waals surface area contributed by atoms with Crippen molar-refractivity contribution in [3.8, 4) is 0 Å². The number of hydrogen-bond acceptors (Lipinski definition) is 3. The van der Waals surface area contributed by atoms with Gasteiger partial charge in [0.25, 0.3) is 0 Å². The van der Waals surface area contributed by atoms with E-state index in [-0.39, 0.29) is 11.9 Å². The summed E-state index contributed by atoms with van der Waals surface area (Å²) in [6.45, 7) is 2.65. The van der Waals surface area contributed by atoms with Crippen molar-refractivity contribution >= 4 is 12.2 Å². The molecule has 1 atom stereocenters. The highest BCUT2D eigenvalue weighted by atomic mass is 16.2. The first-order valence-corrected chi connectivity index (χ1v) is 5.31. The maximum absolute atomic E-state index is 11.7. The first kappa shape index (κ1) is 9.65. The monoisotopic (exact) mass is 196 g/mol. The number of hydrogen-bond donors (Lipinski definition) is 0. The number of Topliss-reactive ketones (excluding diaryl/α,β-unsaturated/α-hetero) is 1. The van der Waals surface area contributed by atoms with Crippen molar-refractivity contribution in [2.75, 3.05) is 19.6 Å². The number of piperidine rings is 1. The van der Waals surface area contributed by atoms with Crippen molar-refractivity contribution in [3.05, 3.63) is 0 Å². The minimum absolute atomic E-state index is 0.213. The normalized spacial score (nSPS) is 29.6. The molecule has 2 aliphatic heterocycles. The van der Waals surface area contributed by atoms with E-state index in [1.54, 1.807) is 4.90 Å². The third kappa shape index (κ3) is 1.66. The molecule has 0 bridgehead atoms. The largest absolute Gasteiger partial charge is 0.323 e. The molecule has 2 fully saturated rings. The van der Waals surface area contributed by atoms with Crippen molar-refractivity contribution in [1.82, 2.24) is 9.80 Å². The minimum Gasteiger partial charge on any atom is -0.323 e. The third-order valence-corrected chi connectivity index (χ3v) is 3.06. The van der Waals surface area contributed by atoms with E-state index >= 15 is 0 Å². The zero-order chi connectivity index (χ0) is 9.97. The predicted molar refractivity (Wildman–Crippen MR) is 51.6 cm³/mol. The van der Waals surface area contributed by atoms with Crippen molar-refractivity contribution in [2.24, 2.45) is 0 Å². The van der Waals surface area contributed by atoms with Crippen LogP contribution in [0, 0.1) is 0 Å². The Morgan fingerprint density at radius 1 is 1.14 bits per heavy atom. The van der Waals surface area contributed by atoms with E-state index in [4.69, 9.17) is 0 Å². The molecule has 78 valence electrons. The van der Waals surface area contributed by atoms with Gasteiger partial charge in [0.05, 0.1) is 0 Å². The van der Waals surface area contributed by atoms with Crippen LogP contribution in [-0.2, 0) is 9.59 Å². The molecule has 0 aromatic carbocycles. The number of likely N-dealkylation sites (tertiary alicyclic amines) is 2. The van der Waals surface area contributed by atoms with Crippen molar-refractivity contribution in [1.29, 1.82) is 0 Å². The molecule has 0 aromatic rings. The standard InChI is InChI=1S/C10H16N2O2/c13-8-12-7-3-4-9(14)10(12)11-5-1-2-6-11/h8,10H,1-7H2. The summed E-state index contributed by atoms with van der Waals surface area (Å²) in [5, 5.41) is 0. The van der Waals surface area contributed by atoms with Gasteiger partial charge in [0.15, 0.2) is 5.78 Å². The first-order chi connectivity index (χ1) is 6.83. The lowest BCUT2D eigenvalue weighted by molar-refractivity contribution is -0.142. The van der Waals surface area contributed by atoms with E-state index in [2.05, 4.69) is 4.90 Å². The van der Waals surface area contributed by atoms with Gasteiger partial charge in [-0.15, -0.1) is 0 Å². The molecule has 2 rings (SSSR count). The molecule has 0 aromatic heterocycles. The molecule has 2 saturated heterocycles. The van der Waals surface area contributed by atoms with E-state index in [9.17, 15) is 9.59 Å². The zero-order valence-corrected chi connectivity index (χ0v) is 8.32. The molecule has 1 amide bonds. The smallest absolute Gasteiger partial charge is 0.211 e. The molecule has 2 aliphatic rings. The number of nitrogens with zero attached hydrogens (tertiary/aromatic N) is 2. The van der Waals surface area contributed by atoms with Crippen LogP contribution >= 0.6 is 0 Å². The molecule has 14 heavy (non-hydrogen) atoms. The van der Waals surface area contributed by atoms with Crippen LogP contribution in [0.4, 0.5) is 0 Å². The van der Waals surface area contributed by atoms with Crippen LogP contribution in [0.15, 0.2) is 0 Å². The minimum atomic E-state index is -0.247. The molecule has 0 saturated carbocycles. The summed E-state index contributed by atoms with van der Waals surface area (Å²) in [4.78, 5) is 26.3. The second kappa shape index (κ2) is 4.09. The van der Waals surface area contributed by atoms with Crippen LogP contribution in [-0.4, -0.2) is 47.8 Å². The highest BCUT2D eigenvalue weighted by Gasteiger charge is 2.34. The summed E-state index contributed by atoms with van der Waals surface area (Å²) in [6.07, 6.45) is 4.32. The van der Waals surface area contributed by atoms with Gasteiger partial charge in [0.2, 0.25) is 6.41 Å². The number of carbonyl (C=O) groups is 2. The Bertz CT molecular complexity index is 236. The van der Waals surface area contributed by atoms with Crippen molar-refractivity contribution in [3.63, 3.8) is 0 Å². The van der Waals surface area contributed by atoms with E-state index in [1.165, 1.54) is 0 Å². The SMILES string of the molecule is O=CN1CCCC(=O)C1N1CCCC1. The summed E-state index contributed by atoms with van der Waals surface area (Å²) in [7, 11) is 0. The van der Waals surface area contributed by atoms with Gasteiger partial charge in [-0.2, -0.15) is 0 Å². The molecule has 4 heteroatoms. The van der Waals surface area contributed by atoms with Gasteiger partial charge in [-0.1, -0.05) is 0 Å². The predicted octanol–water partition coefficient (Wildman–Crippen LogP) is 0.230. The van der Waals surface area contributed by atoms with Crippen LogP contribution < -0.4 is 0 Å². The molecular weight excluding hydrogens is 180 g/mol. The molecule has 0 N–H and O–H groups in total. The molecule has 0 radical (unpaired) electrons. The number of rotatable bonds is 2. The lowest BCUT2D eigenvalue weighted by Crippen LogP contribution is -2.54.